The molecule has 21 heteroatoms. The molecule has 0 aliphatic carbocycles. The summed E-state index contributed by atoms with van der Waals surface area (Å²) in [5.74, 6) is -1.99. The number of aromatic nitrogens is 8. The highest BCUT2D eigenvalue weighted by molar-refractivity contribution is 5.96. The average molecular weight is 861 g/mol. The zero-order chi connectivity index (χ0) is 44.4. The Kier molecular flexibility index (Phi) is 12.7. The topological polar surface area (TPSA) is 141 Å². The molecule has 0 unspecified atom stereocenters. The van der Waals surface area contributed by atoms with Crippen molar-refractivity contribution in [2.75, 3.05) is 23.3 Å². The predicted octanol–water partition coefficient (Wildman–Crippen LogP) is 8.30. The lowest BCUT2D eigenvalue weighted by Gasteiger charge is -2.30. The highest BCUT2D eigenvalue weighted by Gasteiger charge is 2.37. The van der Waals surface area contributed by atoms with Crippen molar-refractivity contribution in [3.63, 3.8) is 0 Å². The van der Waals surface area contributed by atoms with Crippen molar-refractivity contribution < 1.29 is 49.8 Å². The second kappa shape index (κ2) is 17.6. The van der Waals surface area contributed by atoms with Gasteiger partial charge in [0.15, 0.2) is 11.4 Å². The van der Waals surface area contributed by atoms with E-state index in [4.69, 9.17) is 5.11 Å². The van der Waals surface area contributed by atoms with Crippen LogP contribution in [0.4, 0.5) is 46.5 Å². The molecule has 6 heterocycles. The third kappa shape index (κ3) is 9.76. The summed E-state index contributed by atoms with van der Waals surface area (Å²) in [6, 6.07) is 10.3. The molecule has 324 valence electrons. The molecule has 2 aliphatic heterocycles. The maximum atomic E-state index is 13.2. The van der Waals surface area contributed by atoms with E-state index in [-0.39, 0.29) is 29.2 Å². The lowest BCUT2D eigenvalue weighted by molar-refractivity contribution is -0.142. The second-order valence-electron chi connectivity index (χ2n) is 14.2. The first kappa shape index (κ1) is 44.0. The maximum absolute atomic E-state index is 13.2. The van der Waals surface area contributed by atoms with Gasteiger partial charge in [0.2, 0.25) is 5.91 Å². The van der Waals surface area contributed by atoms with E-state index in [2.05, 4.69) is 25.5 Å². The largest absolute Gasteiger partial charge is 0.480 e. The summed E-state index contributed by atoms with van der Waals surface area (Å²) in [4.78, 5) is 32.1. The monoisotopic (exact) mass is 860 g/mol. The van der Waals surface area contributed by atoms with E-state index < -0.39 is 41.8 Å². The predicted molar refractivity (Wildman–Crippen MR) is 206 cm³/mol. The van der Waals surface area contributed by atoms with Gasteiger partial charge in [-0.15, -0.1) is 0 Å². The summed E-state index contributed by atoms with van der Waals surface area (Å²) in [5.41, 5.74) is 3.15. The average Bonchev–Trinajstić information content (AvgIpc) is 4.03. The molecule has 2 aromatic carbocycles. The number of anilines is 2. The Morgan fingerprint density at radius 3 is 1.67 bits per heavy atom. The van der Waals surface area contributed by atoms with E-state index in [0.717, 1.165) is 47.2 Å². The number of carbonyl (C=O) groups excluding carboxylic acids is 1. The van der Waals surface area contributed by atoms with Gasteiger partial charge in [-0.1, -0.05) is 0 Å². The molecular weight excluding hydrogens is 820 g/mol. The molecule has 6 aromatic rings. The van der Waals surface area contributed by atoms with Crippen molar-refractivity contribution >= 4 is 23.3 Å². The number of alkyl halides is 6. The summed E-state index contributed by atoms with van der Waals surface area (Å²) >= 11 is 0. The number of amides is 1. The number of nitrogens with zero attached hydrogens (tertiary/aromatic N) is 9. The zero-order valence-corrected chi connectivity index (χ0v) is 33.1. The number of carboxylic acids is 1. The smallest absolute Gasteiger partial charge is 0.434 e. The summed E-state index contributed by atoms with van der Waals surface area (Å²) in [5, 5.41) is 20.6. The molecule has 0 radical (unpaired) electrons. The van der Waals surface area contributed by atoms with Gasteiger partial charge in [0.1, 0.15) is 35.4 Å². The van der Waals surface area contributed by atoms with Gasteiger partial charge >= 0.3 is 18.3 Å². The maximum Gasteiger partial charge on any atom is 0.434 e. The van der Waals surface area contributed by atoms with Crippen LogP contribution in [0, 0.1) is 25.5 Å². The van der Waals surface area contributed by atoms with Crippen molar-refractivity contribution in [2.24, 2.45) is 0 Å². The van der Waals surface area contributed by atoms with E-state index in [1.165, 1.54) is 55.3 Å². The number of aryl methyl sites for hydroxylation is 2. The van der Waals surface area contributed by atoms with E-state index >= 15 is 0 Å². The van der Waals surface area contributed by atoms with Crippen molar-refractivity contribution in [1.29, 1.82) is 0 Å². The molecule has 2 atom stereocenters. The van der Waals surface area contributed by atoms with Crippen LogP contribution in [0.2, 0.25) is 0 Å². The molecule has 2 N–H and O–H groups in total. The van der Waals surface area contributed by atoms with Gasteiger partial charge in [0.25, 0.3) is 0 Å². The van der Waals surface area contributed by atoms with Gasteiger partial charge in [-0.25, -0.2) is 32.9 Å². The Morgan fingerprint density at radius 2 is 1.18 bits per heavy atom. The molecular formula is C40H40F8N10O3. The number of rotatable bonds is 6. The van der Waals surface area contributed by atoms with Crippen molar-refractivity contribution in [1.82, 2.24) is 38.7 Å². The van der Waals surface area contributed by atoms with Crippen LogP contribution in [0.25, 0.3) is 11.4 Å². The molecule has 2 aliphatic rings. The van der Waals surface area contributed by atoms with Crippen molar-refractivity contribution in [2.45, 2.75) is 77.8 Å². The van der Waals surface area contributed by atoms with Gasteiger partial charge in [0.05, 0.1) is 46.5 Å². The number of hydrogen-bond acceptors (Lipinski definition) is 7. The minimum atomic E-state index is -4.58. The number of benzene rings is 2. The first-order chi connectivity index (χ1) is 28.7. The normalized spacial score (nSPS) is 14.7. The molecule has 0 fully saturated rings. The Balaban J connectivity index is 0.000000169. The minimum absolute atomic E-state index is 0.0252. The molecule has 1 amide bonds. The second-order valence-corrected chi connectivity index (χ2v) is 14.2. The van der Waals surface area contributed by atoms with Crippen LogP contribution >= 0.6 is 0 Å². The van der Waals surface area contributed by atoms with Gasteiger partial charge in [-0.2, -0.15) is 36.5 Å². The van der Waals surface area contributed by atoms with E-state index in [1.807, 2.05) is 10.9 Å². The first-order valence-electron chi connectivity index (χ1n) is 18.9. The number of halogens is 8. The highest BCUT2D eigenvalue weighted by Crippen LogP contribution is 2.34. The number of carboxylic acid groups (broad SMARTS) is 1. The van der Waals surface area contributed by atoms with Gasteiger partial charge in [0, 0.05) is 25.5 Å². The number of nitrogens with one attached hydrogen (secondary N) is 1. The number of hydrogen-bond donors (Lipinski definition) is 2. The fraction of sp³-hybridized carbons (Fsp3) is 0.350. The summed E-state index contributed by atoms with van der Waals surface area (Å²) in [7, 11) is 0. The van der Waals surface area contributed by atoms with Crippen LogP contribution in [-0.2, 0) is 34.8 Å². The van der Waals surface area contributed by atoms with E-state index in [0.29, 0.717) is 37.0 Å². The summed E-state index contributed by atoms with van der Waals surface area (Å²) < 4.78 is 107. The number of carbonyl (C=O) groups is 2. The molecule has 4 aromatic heterocycles. The summed E-state index contributed by atoms with van der Waals surface area (Å²) in [6.07, 6.45) is -0.690. The third-order valence-corrected chi connectivity index (χ3v) is 10.1. The molecule has 0 spiro atoms. The molecule has 0 saturated heterocycles. The fourth-order valence-electron chi connectivity index (χ4n) is 6.92. The van der Waals surface area contributed by atoms with Crippen LogP contribution in [0.1, 0.15) is 73.2 Å². The van der Waals surface area contributed by atoms with Crippen LogP contribution in [0.3, 0.4) is 0 Å². The van der Waals surface area contributed by atoms with Crippen LogP contribution in [0.15, 0.2) is 73.3 Å². The SMILES string of the molecule is Cc1nc(C(F)(F)F)cn1[C@@H](C)C(=O)N1CCCc2c1cnn2-c1ccc(F)cc1.Cc1nc(C(F)(F)F)cn1[C@@H](C)C(=O)O.Fc1ccc(-n2ncc3c2CCCN3)cc1. The molecule has 0 bridgehead atoms. The highest BCUT2D eigenvalue weighted by atomic mass is 19.4. The Bertz CT molecular complexity index is 2480. The third-order valence-electron chi connectivity index (χ3n) is 10.1. The zero-order valence-electron chi connectivity index (χ0n) is 33.1. The Morgan fingerprint density at radius 1 is 0.705 bits per heavy atom. The first-order valence-corrected chi connectivity index (χ1v) is 18.9. The Labute approximate surface area is 343 Å². The molecule has 8 rings (SSSR count). The number of fused-ring (bicyclic) bond motifs is 2. The van der Waals surface area contributed by atoms with Crippen molar-refractivity contribution in [3.8, 4) is 11.4 Å². The standard InChI is InChI=1S/C20H19F4N5O.C12H12FN3.C8H9F3N2O2/c1-12(28-11-18(20(22,23)24)26-13(28)2)19(30)27-9-3-4-16-17(27)10-25-29(16)15-7-5-14(21)6-8-15;13-9-3-5-10(6-4-9)16-12-2-1-7-14-11(12)8-15-16;1-4(7(14)15)13-3-6(8(9,10)11)12-5(13)2/h5-8,10-12H,3-4,9H2,1-2H3;3-6,8,14H,1-2,7H2;3-4H,1-2H3,(H,14,15)/t12-;;4-/m0.0/s1. The molecule has 61 heavy (non-hydrogen) atoms. The number of aliphatic carboxylic acids is 1. The van der Waals surface area contributed by atoms with E-state index in [9.17, 15) is 44.7 Å². The molecule has 0 saturated carbocycles. The van der Waals surface area contributed by atoms with Crippen LogP contribution in [-0.4, -0.2) is 68.7 Å². The lowest BCUT2D eigenvalue weighted by Crippen LogP contribution is -2.39. The van der Waals surface area contributed by atoms with E-state index in [1.54, 1.807) is 47.0 Å². The van der Waals surface area contributed by atoms with Gasteiger partial charge < -0.3 is 24.5 Å². The van der Waals surface area contributed by atoms with Crippen molar-refractivity contribution in [3.05, 3.63) is 119 Å². The molecule has 13 nitrogen and oxygen atoms in total. The van der Waals surface area contributed by atoms with Gasteiger partial charge in [-0.05, 0) is 102 Å². The Hall–Kier alpha value is -6.54. The number of imidazole rings is 2. The fourth-order valence-corrected chi connectivity index (χ4v) is 6.92. The van der Waals surface area contributed by atoms with Gasteiger partial charge in [-0.3, -0.25) is 4.79 Å². The van der Waals surface area contributed by atoms with Crippen LogP contribution < -0.4 is 10.2 Å². The summed E-state index contributed by atoms with van der Waals surface area (Å²) in [6.45, 7) is 7.04. The lowest BCUT2D eigenvalue weighted by atomic mass is 10.1. The van der Waals surface area contributed by atoms with Crippen LogP contribution in [0.5, 0.6) is 0 Å². The minimum Gasteiger partial charge on any atom is -0.480 e. The quantitative estimate of drug-likeness (QED) is 0.160.